The van der Waals surface area contributed by atoms with Crippen molar-refractivity contribution >= 4 is 11.6 Å². The molecule has 0 atom stereocenters. The van der Waals surface area contributed by atoms with Gasteiger partial charge in [-0.25, -0.2) is 0 Å². The van der Waals surface area contributed by atoms with Crippen LogP contribution in [-0.2, 0) is 12.6 Å². The lowest BCUT2D eigenvalue weighted by molar-refractivity contribution is -0.137. The molecule has 0 radical (unpaired) electrons. The smallest absolute Gasteiger partial charge is 0.416 e. The lowest BCUT2D eigenvalue weighted by Crippen LogP contribution is -2.04. The molecule has 2 rings (SSSR count). The minimum atomic E-state index is -4.41. The monoisotopic (exact) mass is 303 g/mol. The highest BCUT2D eigenvalue weighted by molar-refractivity contribution is 6.33. The van der Waals surface area contributed by atoms with Gasteiger partial charge in [0.15, 0.2) is 0 Å². The Morgan fingerprint density at radius 3 is 2.50 bits per heavy atom. The molecule has 0 unspecified atom stereocenters. The Morgan fingerprint density at radius 1 is 1.15 bits per heavy atom. The molecule has 108 valence electrons. The lowest BCUT2D eigenvalue weighted by atomic mass is 10.1. The molecule has 2 aromatic rings. The average Bonchev–Trinajstić information content (AvgIpc) is 2.83. The predicted octanol–water partition coefficient (Wildman–Crippen LogP) is 4.51. The third-order valence-electron chi connectivity index (χ3n) is 2.85. The number of alkyl halides is 3. The fraction of sp³-hybridized carbons (Fsp3) is 0.286. The highest BCUT2D eigenvalue weighted by Crippen LogP contribution is 2.36. The molecule has 0 amide bonds. The van der Waals surface area contributed by atoms with E-state index in [2.05, 4.69) is 0 Å². The minimum Gasteiger partial charge on any atom is -0.461 e. The van der Waals surface area contributed by atoms with Crippen LogP contribution in [0.1, 0.15) is 17.7 Å². The van der Waals surface area contributed by atoms with Crippen molar-refractivity contribution in [2.24, 2.45) is 5.73 Å². The van der Waals surface area contributed by atoms with Crippen LogP contribution in [0.5, 0.6) is 0 Å². The van der Waals surface area contributed by atoms with Crippen molar-refractivity contribution in [3.63, 3.8) is 0 Å². The number of hydrogen-bond donors (Lipinski definition) is 1. The van der Waals surface area contributed by atoms with Crippen molar-refractivity contribution in [1.29, 1.82) is 0 Å². The molecule has 0 saturated carbocycles. The molecule has 0 spiro atoms. The van der Waals surface area contributed by atoms with Crippen LogP contribution in [0.3, 0.4) is 0 Å². The van der Waals surface area contributed by atoms with E-state index in [4.69, 9.17) is 21.8 Å². The van der Waals surface area contributed by atoms with Crippen LogP contribution in [0.2, 0.25) is 5.02 Å². The van der Waals surface area contributed by atoms with Gasteiger partial charge in [-0.3, -0.25) is 0 Å². The van der Waals surface area contributed by atoms with Crippen LogP contribution in [0.4, 0.5) is 13.2 Å². The zero-order valence-corrected chi connectivity index (χ0v) is 11.3. The Bertz CT molecular complexity index is 592. The zero-order chi connectivity index (χ0) is 14.8. The molecule has 20 heavy (non-hydrogen) atoms. The average molecular weight is 304 g/mol. The molecular weight excluding hydrogens is 291 g/mol. The number of halogens is 4. The molecule has 0 saturated heterocycles. The van der Waals surface area contributed by atoms with E-state index in [0.717, 1.165) is 24.3 Å². The molecule has 0 aliphatic carbocycles. The largest absolute Gasteiger partial charge is 0.461 e. The van der Waals surface area contributed by atoms with E-state index in [0.29, 0.717) is 24.3 Å². The first-order valence-electron chi connectivity index (χ1n) is 6.07. The van der Waals surface area contributed by atoms with Crippen molar-refractivity contribution in [1.82, 2.24) is 0 Å². The van der Waals surface area contributed by atoms with Gasteiger partial charge in [0.25, 0.3) is 0 Å². The third kappa shape index (κ3) is 3.35. The van der Waals surface area contributed by atoms with Crippen LogP contribution >= 0.6 is 11.6 Å². The molecule has 2 N–H and O–H groups in total. The second kappa shape index (κ2) is 5.89. The van der Waals surface area contributed by atoms with E-state index in [1.807, 2.05) is 0 Å². The summed E-state index contributed by atoms with van der Waals surface area (Å²) in [5, 5.41) is 0.0135. The summed E-state index contributed by atoms with van der Waals surface area (Å²) in [5.74, 6) is 1.19. The van der Waals surface area contributed by atoms with E-state index >= 15 is 0 Å². The van der Waals surface area contributed by atoms with Crippen molar-refractivity contribution < 1.29 is 17.6 Å². The van der Waals surface area contributed by atoms with Gasteiger partial charge in [-0.1, -0.05) is 11.6 Å². The van der Waals surface area contributed by atoms with Crippen LogP contribution < -0.4 is 5.73 Å². The molecule has 0 aliphatic heterocycles. The maximum Gasteiger partial charge on any atom is 0.416 e. The summed E-state index contributed by atoms with van der Waals surface area (Å²) in [6, 6.07) is 6.68. The van der Waals surface area contributed by atoms with Gasteiger partial charge >= 0.3 is 6.18 Å². The van der Waals surface area contributed by atoms with Crippen molar-refractivity contribution in [2.45, 2.75) is 19.0 Å². The molecule has 6 heteroatoms. The standard InChI is InChI=1S/C14H13ClF3NO/c15-12-8-9(14(16,17)18)3-5-11(12)13-6-4-10(20-13)2-1-7-19/h3-6,8H,1-2,7,19H2. The van der Waals surface area contributed by atoms with E-state index in [-0.39, 0.29) is 5.02 Å². The highest BCUT2D eigenvalue weighted by Gasteiger charge is 2.31. The van der Waals surface area contributed by atoms with Gasteiger partial charge in [0.2, 0.25) is 0 Å². The van der Waals surface area contributed by atoms with Crippen LogP contribution in [0, 0.1) is 0 Å². The molecule has 1 aromatic carbocycles. The first kappa shape index (κ1) is 14.9. The zero-order valence-electron chi connectivity index (χ0n) is 10.5. The number of furan rings is 1. The summed E-state index contributed by atoms with van der Waals surface area (Å²) < 4.78 is 43.2. The van der Waals surface area contributed by atoms with Gasteiger partial charge in [-0.05, 0) is 43.3 Å². The molecular formula is C14H13ClF3NO. The summed E-state index contributed by atoms with van der Waals surface area (Å²) in [5.41, 5.74) is 5.07. The fourth-order valence-corrected chi connectivity index (χ4v) is 2.10. The first-order chi connectivity index (χ1) is 9.41. The molecule has 0 bridgehead atoms. The van der Waals surface area contributed by atoms with Gasteiger partial charge < -0.3 is 10.2 Å². The second-order valence-electron chi connectivity index (χ2n) is 4.35. The maximum atomic E-state index is 12.6. The van der Waals surface area contributed by atoms with E-state index in [9.17, 15) is 13.2 Å². The van der Waals surface area contributed by atoms with Gasteiger partial charge in [-0.2, -0.15) is 13.2 Å². The van der Waals surface area contributed by atoms with Crippen LogP contribution in [-0.4, -0.2) is 6.54 Å². The van der Waals surface area contributed by atoms with E-state index in [1.165, 1.54) is 6.07 Å². The number of aryl methyl sites for hydroxylation is 1. The van der Waals surface area contributed by atoms with E-state index in [1.54, 1.807) is 12.1 Å². The number of rotatable bonds is 4. The lowest BCUT2D eigenvalue weighted by Gasteiger charge is -2.08. The Kier molecular flexibility index (Phi) is 4.40. The van der Waals surface area contributed by atoms with Crippen LogP contribution in [0.25, 0.3) is 11.3 Å². The summed E-state index contributed by atoms with van der Waals surface area (Å²) >= 11 is 5.90. The quantitative estimate of drug-likeness (QED) is 0.902. The van der Waals surface area contributed by atoms with E-state index < -0.39 is 11.7 Å². The fourth-order valence-electron chi connectivity index (χ4n) is 1.82. The summed E-state index contributed by atoms with van der Waals surface area (Å²) in [6.45, 7) is 0.553. The van der Waals surface area contributed by atoms with Gasteiger partial charge in [0, 0.05) is 12.0 Å². The van der Waals surface area contributed by atoms with Gasteiger partial charge in [-0.15, -0.1) is 0 Å². The molecule has 2 nitrogen and oxygen atoms in total. The van der Waals surface area contributed by atoms with Crippen molar-refractivity contribution in [3.05, 3.63) is 46.7 Å². The Morgan fingerprint density at radius 2 is 1.90 bits per heavy atom. The topological polar surface area (TPSA) is 39.2 Å². The highest BCUT2D eigenvalue weighted by atomic mass is 35.5. The van der Waals surface area contributed by atoms with Crippen molar-refractivity contribution in [2.75, 3.05) is 6.54 Å². The summed E-state index contributed by atoms with van der Waals surface area (Å²) in [4.78, 5) is 0. The van der Waals surface area contributed by atoms with Gasteiger partial charge in [0.1, 0.15) is 11.5 Å². The molecule has 1 heterocycles. The van der Waals surface area contributed by atoms with Crippen molar-refractivity contribution in [3.8, 4) is 11.3 Å². The van der Waals surface area contributed by atoms with Crippen LogP contribution in [0.15, 0.2) is 34.7 Å². The molecule has 0 aliphatic rings. The molecule has 0 fully saturated rings. The second-order valence-corrected chi connectivity index (χ2v) is 4.76. The normalized spacial score (nSPS) is 11.8. The Labute approximate surface area is 119 Å². The predicted molar refractivity (Wildman–Crippen MR) is 71.5 cm³/mol. The minimum absolute atomic E-state index is 0.0135. The Balaban J connectivity index is 2.27. The number of benzene rings is 1. The number of hydrogen-bond acceptors (Lipinski definition) is 2. The molecule has 1 aromatic heterocycles. The summed E-state index contributed by atoms with van der Waals surface area (Å²) in [7, 11) is 0. The Hall–Kier alpha value is -1.46. The first-order valence-corrected chi connectivity index (χ1v) is 6.45. The summed E-state index contributed by atoms with van der Waals surface area (Å²) in [6.07, 6.45) is -2.93. The van der Waals surface area contributed by atoms with Gasteiger partial charge in [0.05, 0.1) is 10.6 Å². The SMILES string of the molecule is NCCCc1ccc(-c2ccc(C(F)(F)F)cc2Cl)o1. The number of nitrogens with two attached hydrogens (primary N) is 1. The third-order valence-corrected chi connectivity index (χ3v) is 3.16. The maximum absolute atomic E-state index is 12.6.